The van der Waals surface area contributed by atoms with E-state index in [2.05, 4.69) is 10.2 Å². The molecule has 3 rings (SSSR count). The van der Waals surface area contributed by atoms with Gasteiger partial charge in [0.2, 0.25) is 10.0 Å². The average Bonchev–Trinajstić information content (AvgIpc) is 2.74. The molecule has 156 valence electrons. The first-order valence-electron chi connectivity index (χ1n) is 9.61. The van der Waals surface area contributed by atoms with Crippen LogP contribution in [0.1, 0.15) is 15.9 Å². The minimum Gasteiger partial charge on any atom is -0.383 e. The Bertz CT molecular complexity index is 940. The predicted octanol–water partition coefficient (Wildman–Crippen LogP) is 1.88. The van der Waals surface area contributed by atoms with Crippen molar-refractivity contribution in [2.24, 2.45) is 0 Å². The van der Waals surface area contributed by atoms with Crippen molar-refractivity contribution in [1.82, 2.24) is 9.62 Å². The van der Waals surface area contributed by atoms with Crippen molar-refractivity contribution >= 4 is 21.6 Å². The molecule has 1 heterocycles. The number of piperazine rings is 1. The zero-order valence-electron chi connectivity index (χ0n) is 16.8. The Morgan fingerprint density at radius 3 is 2.41 bits per heavy atom. The highest BCUT2D eigenvalue weighted by Gasteiger charge is 2.29. The van der Waals surface area contributed by atoms with Gasteiger partial charge in [-0.25, -0.2) is 8.42 Å². The summed E-state index contributed by atoms with van der Waals surface area (Å²) in [6, 6.07) is 14.7. The molecule has 1 saturated heterocycles. The number of methoxy groups -OCH3 is 1. The number of carbonyl (C=O) groups excluding carboxylic acids is 1. The Balaban J connectivity index is 1.73. The smallest absolute Gasteiger partial charge is 0.251 e. The Morgan fingerprint density at radius 1 is 1.07 bits per heavy atom. The molecule has 7 nitrogen and oxygen atoms in total. The molecule has 29 heavy (non-hydrogen) atoms. The number of amides is 1. The van der Waals surface area contributed by atoms with Crippen LogP contribution in [-0.4, -0.2) is 65.1 Å². The molecule has 0 radical (unpaired) electrons. The summed E-state index contributed by atoms with van der Waals surface area (Å²) < 4.78 is 32.7. The molecule has 0 atom stereocenters. The highest BCUT2D eigenvalue weighted by molar-refractivity contribution is 7.89. The van der Waals surface area contributed by atoms with Crippen molar-refractivity contribution in [2.45, 2.75) is 11.8 Å². The summed E-state index contributed by atoms with van der Waals surface area (Å²) in [6.45, 7) is 4.61. The largest absolute Gasteiger partial charge is 0.383 e. The fourth-order valence-electron chi connectivity index (χ4n) is 3.34. The summed E-state index contributed by atoms with van der Waals surface area (Å²) in [4.78, 5) is 14.7. The molecule has 0 bridgehead atoms. The predicted molar refractivity (Wildman–Crippen MR) is 113 cm³/mol. The van der Waals surface area contributed by atoms with Crippen molar-refractivity contribution in [3.05, 3.63) is 59.7 Å². The van der Waals surface area contributed by atoms with Crippen molar-refractivity contribution in [2.75, 3.05) is 51.3 Å². The standard InChI is InChI=1S/C21H27N3O4S/c1-17-8-9-19(16-20(17)21(25)22-10-15-28-2)29(26,27)24-13-11-23(12-14-24)18-6-4-3-5-7-18/h3-9,16H,10-15H2,1-2H3,(H,22,25). The Morgan fingerprint density at radius 2 is 1.76 bits per heavy atom. The lowest BCUT2D eigenvalue weighted by Crippen LogP contribution is -2.48. The van der Waals surface area contributed by atoms with E-state index in [1.54, 1.807) is 26.2 Å². The molecule has 1 amide bonds. The van der Waals surface area contributed by atoms with E-state index in [4.69, 9.17) is 4.74 Å². The number of anilines is 1. The van der Waals surface area contributed by atoms with Gasteiger partial charge in [0.05, 0.1) is 11.5 Å². The molecule has 0 aliphatic carbocycles. The van der Waals surface area contributed by atoms with Crippen molar-refractivity contribution < 1.29 is 17.9 Å². The molecule has 2 aromatic rings. The number of rotatable bonds is 7. The molecule has 0 aromatic heterocycles. The summed E-state index contributed by atoms with van der Waals surface area (Å²) in [5.74, 6) is -0.300. The SMILES string of the molecule is COCCNC(=O)c1cc(S(=O)(=O)N2CCN(c3ccccc3)CC2)ccc1C. The van der Waals surface area contributed by atoms with Crippen LogP contribution in [0, 0.1) is 6.92 Å². The van der Waals surface area contributed by atoms with Crippen LogP contribution in [0.25, 0.3) is 0 Å². The van der Waals surface area contributed by atoms with Gasteiger partial charge in [-0.3, -0.25) is 4.79 Å². The van der Waals surface area contributed by atoms with E-state index >= 15 is 0 Å². The van der Waals surface area contributed by atoms with Gasteiger partial charge in [-0.2, -0.15) is 4.31 Å². The van der Waals surface area contributed by atoms with Gasteiger partial charge in [-0.15, -0.1) is 0 Å². The molecule has 0 saturated carbocycles. The molecule has 1 fully saturated rings. The number of hydrogen-bond donors (Lipinski definition) is 1. The van der Waals surface area contributed by atoms with Gasteiger partial charge in [0.1, 0.15) is 0 Å². The quantitative estimate of drug-likeness (QED) is 0.696. The number of aryl methyl sites for hydroxylation is 1. The lowest BCUT2D eigenvalue weighted by atomic mass is 10.1. The van der Waals surface area contributed by atoms with Gasteiger partial charge in [0.25, 0.3) is 5.91 Å². The monoisotopic (exact) mass is 417 g/mol. The van der Waals surface area contributed by atoms with E-state index in [0.29, 0.717) is 44.9 Å². The second kappa shape index (κ2) is 9.39. The van der Waals surface area contributed by atoms with Crippen LogP contribution >= 0.6 is 0 Å². The summed E-state index contributed by atoms with van der Waals surface area (Å²) >= 11 is 0. The number of benzene rings is 2. The van der Waals surface area contributed by atoms with E-state index in [9.17, 15) is 13.2 Å². The second-order valence-electron chi connectivity index (χ2n) is 6.95. The molecule has 1 N–H and O–H groups in total. The maximum absolute atomic E-state index is 13.1. The number of sulfonamides is 1. The first kappa shape index (κ1) is 21.3. The highest BCUT2D eigenvalue weighted by atomic mass is 32.2. The van der Waals surface area contributed by atoms with Crippen LogP contribution < -0.4 is 10.2 Å². The lowest BCUT2D eigenvalue weighted by Gasteiger charge is -2.35. The molecule has 2 aromatic carbocycles. The van der Waals surface area contributed by atoms with Gasteiger partial charge in [0, 0.05) is 51.1 Å². The fraction of sp³-hybridized carbons (Fsp3) is 0.381. The van der Waals surface area contributed by atoms with Gasteiger partial charge >= 0.3 is 0 Å². The number of nitrogens with zero attached hydrogens (tertiary/aromatic N) is 2. The Labute approximate surface area is 172 Å². The number of para-hydroxylation sites is 1. The molecular weight excluding hydrogens is 390 g/mol. The molecule has 1 aliphatic heterocycles. The molecular formula is C21H27N3O4S. The average molecular weight is 418 g/mol. The van der Waals surface area contributed by atoms with Crippen LogP contribution in [0.15, 0.2) is 53.4 Å². The summed E-state index contributed by atoms with van der Waals surface area (Å²) in [5.41, 5.74) is 2.19. The minimum atomic E-state index is -3.66. The van der Waals surface area contributed by atoms with E-state index in [0.717, 1.165) is 11.3 Å². The van der Waals surface area contributed by atoms with Crippen molar-refractivity contribution in [3.8, 4) is 0 Å². The third-order valence-corrected chi connectivity index (χ3v) is 6.94. The lowest BCUT2D eigenvalue weighted by molar-refractivity contribution is 0.0936. The molecule has 8 heteroatoms. The summed E-state index contributed by atoms with van der Waals surface area (Å²) in [7, 11) is -2.11. The maximum atomic E-state index is 13.1. The van der Waals surface area contributed by atoms with Crippen LogP contribution in [0.2, 0.25) is 0 Å². The van der Waals surface area contributed by atoms with E-state index in [1.807, 2.05) is 30.3 Å². The van der Waals surface area contributed by atoms with E-state index in [-0.39, 0.29) is 10.8 Å². The van der Waals surface area contributed by atoms with Gasteiger partial charge in [0.15, 0.2) is 0 Å². The van der Waals surface area contributed by atoms with Gasteiger partial charge in [-0.05, 0) is 36.8 Å². The molecule has 0 spiro atoms. The summed E-state index contributed by atoms with van der Waals surface area (Å²) in [6.07, 6.45) is 0. The van der Waals surface area contributed by atoms with Crippen LogP contribution in [-0.2, 0) is 14.8 Å². The number of nitrogens with one attached hydrogen (secondary N) is 1. The number of ether oxygens (including phenoxy) is 1. The van der Waals surface area contributed by atoms with E-state index in [1.165, 1.54) is 10.4 Å². The zero-order valence-corrected chi connectivity index (χ0v) is 17.6. The van der Waals surface area contributed by atoms with Crippen molar-refractivity contribution in [1.29, 1.82) is 0 Å². The highest BCUT2D eigenvalue weighted by Crippen LogP contribution is 2.23. The normalized spacial score (nSPS) is 15.3. The minimum absolute atomic E-state index is 0.146. The summed E-state index contributed by atoms with van der Waals surface area (Å²) in [5, 5.41) is 2.74. The third-order valence-electron chi connectivity index (χ3n) is 5.04. The van der Waals surface area contributed by atoms with Crippen LogP contribution in [0.3, 0.4) is 0 Å². The van der Waals surface area contributed by atoms with Gasteiger partial charge in [-0.1, -0.05) is 24.3 Å². The third kappa shape index (κ3) is 4.95. The first-order chi connectivity index (χ1) is 13.9. The number of hydrogen-bond acceptors (Lipinski definition) is 5. The van der Waals surface area contributed by atoms with Gasteiger partial charge < -0.3 is 15.0 Å². The zero-order chi connectivity index (χ0) is 20.9. The topological polar surface area (TPSA) is 78.9 Å². The molecule has 0 unspecified atom stereocenters. The first-order valence-corrected chi connectivity index (χ1v) is 11.1. The van der Waals surface area contributed by atoms with Crippen LogP contribution in [0.5, 0.6) is 0 Å². The van der Waals surface area contributed by atoms with Crippen LogP contribution in [0.4, 0.5) is 5.69 Å². The molecule has 1 aliphatic rings. The Hall–Kier alpha value is -2.42. The fourth-order valence-corrected chi connectivity index (χ4v) is 4.79. The second-order valence-corrected chi connectivity index (χ2v) is 8.89. The Kier molecular flexibility index (Phi) is 6.89. The number of carbonyl (C=O) groups is 1. The van der Waals surface area contributed by atoms with E-state index < -0.39 is 10.0 Å². The van der Waals surface area contributed by atoms with Crippen molar-refractivity contribution in [3.63, 3.8) is 0 Å². The maximum Gasteiger partial charge on any atom is 0.251 e.